The zero-order valence-corrected chi connectivity index (χ0v) is 17.2. The van der Waals surface area contributed by atoms with Crippen molar-refractivity contribution in [2.45, 2.75) is 66.5 Å². The van der Waals surface area contributed by atoms with Gasteiger partial charge in [0.25, 0.3) is 0 Å². The Bertz CT molecular complexity index is 962. The first-order valence-electron chi connectivity index (χ1n) is 9.51. The third-order valence-electron chi connectivity index (χ3n) is 4.78. The second kappa shape index (κ2) is 7.92. The molecule has 0 atom stereocenters. The maximum absolute atomic E-state index is 11.0. The standard InChI is InChI=1S/C24H30N2O.CH4/c1-23(2,3)19-13-18(15-26-24(4,5)6)22(27)20(14-19)16-9-10-21-17(12-16)8-7-11-25-21;/h7-14,26-27H,15H2,1-6H3;1H4. The molecule has 150 valence electrons. The van der Waals surface area contributed by atoms with Gasteiger partial charge in [-0.3, -0.25) is 4.98 Å². The number of benzene rings is 2. The number of phenols is 1. The normalized spacial score (nSPS) is 12.1. The van der Waals surface area contributed by atoms with Gasteiger partial charge in [-0.2, -0.15) is 0 Å². The van der Waals surface area contributed by atoms with Crippen LogP contribution in [0.15, 0.2) is 48.7 Å². The van der Waals surface area contributed by atoms with E-state index in [1.807, 2.05) is 18.2 Å². The number of pyridine rings is 1. The van der Waals surface area contributed by atoms with E-state index in [1.54, 1.807) is 6.20 Å². The van der Waals surface area contributed by atoms with E-state index in [9.17, 15) is 5.11 Å². The number of nitrogens with one attached hydrogen (secondary N) is 1. The van der Waals surface area contributed by atoms with E-state index in [1.165, 1.54) is 5.56 Å². The van der Waals surface area contributed by atoms with Crippen LogP contribution in [0.3, 0.4) is 0 Å². The Kier molecular flexibility index (Phi) is 6.20. The molecule has 2 aromatic carbocycles. The molecule has 28 heavy (non-hydrogen) atoms. The van der Waals surface area contributed by atoms with Crippen LogP contribution in [0.2, 0.25) is 0 Å². The van der Waals surface area contributed by atoms with Crippen molar-refractivity contribution in [3.8, 4) is 16.9 Å². The van der Waals surface area contributed by atoms with Crippen LogP contribution >= 0.6 is 0 Å². The predicted molar refractivity (Wildman–Crippen MR) is 121 cm³/mol. The number of aromatic nitrogens is 1. The van der Waals surface area contributed by atoms with Crippen molar-refractivity contribution in [1.82, 2.24) is 10.3 Å². The SMILES string of the molecule is C.CC(C)(C)NCc1cc(C(C)(C)C)cc(-c2ccc3ncccc3c2)c1O. The van der Waals surface area contributed by atoms with Crippen LogP contribution < -0.4 is 5.32 Å². The lowest BCUT2D eigenvalue weighted by atomic mass is 9.83. The first-order chi connectivity index (χ1) is 12.5. The van der Waals surface area contributed by atoms with Gasteiger partial charge >= 0.3 is 0 Å². The maximum Gasteiger partial charge on any atom is 0.127 e. The Morgan fingerprint density at radius 1 is 0.964 bits per heavy atom. The minimum atomic E-state index is -0.0149. The van der Waals surface area contributed by atoms with Crippen molar-refractivity contribution in [3.63, 3.8) is 0 Å². The molecule has 0 aliphatic carbocycles. The number of phenolic OH excluding ortho intramolecular Hbond substituents is 1. The molecule has 0 aliphatic rings. The van der Waals surface area contributed by atoms with Gasteiger partial charge in [0.2, 0.25) is 0 Å². The molecule has 0 unspecified atom stereocenters. The van der Waals surface area contributed by atoms with Gasteiger partial charge in [-0.15, -0.1) is 0 Å². The minimum Gasteiger partial charge on any atom is -0.507 e. The van der Waals surface area contributed by atoms with Crippen LogP contribution in [0.5, 0.6) is 5.75 Å². The smallest absolute Gasteiger partial charge is 0.127 e. The van der Waals surface area contributed by atoms with Gasteiger partial charge in [0.15, 0.2) is 0 Å². The highest BCUT2D eigenvalue weighted by molar-refractivity contribution is 5.86. The Labute approximate surface area is 169 Å². The Balaban J connectivity index is 0.00000280. The number of rotatable bonds is 3. The fourth-order valence-corrected chi connectivity index (χ4v) is 3.09. The first kappa shape index (κ1) is 21.9. The van der Waals surface area contributed by atoms with Gasteiger partial charge in [0.05, 0.1) is 5.52 Å². The van der Waals surface area contributed by atoms with E-state index in [2.05, 4.69) is 76.1 Å². The van der Waals surface area contributed by atoms with Gasteiger partial charge in [-0.05, 0) is 61.6 Å². The van der Waals surface area contributed by atoms with E-state index in [0.717, 1.165) is 27.6 Å². The minimum absolute atomic E-state index is 0. The molecule has 0 bridgehead atoms. The van der Waals surface area contributed by atoms with Crippen LogP contribution in [0.1, 0.15) is 60.1 Å². The Hall–Kier alpha value is -2.39. The molecule has 0 saturated heterocycles. The monoisotopic (exact) mass is 378 g/mol. The number of aromatic hydroxyl groups is 1. The van der Waals surface area contributed by atoms with E-state index in [0.29, 0.717) is 12.3 Å². The highest BCUT2D eigenvalue weighted by atomic mass is 16.3. The molecule has 0 saturated carbocycles. The lowest BCUT2D eigenvalue weighted by Crippen LogP contribution is -2.35. The molecule has 3 heteroatoms. The molecular weight excluding hydrogens is 344 g/mol. The van der Waals surface area contributed by atoms with Gasteiger partial charge in [0, 0.05) is 34.8 Å². The number of fused-ring (bicyclic) bond motifs is 1. The lowest BCUT2D eigenvalue weighted by molar-refractivity contribution is 0.411. The molecule has 0 fully saturated rings. The fourth-order valence-electron chi connectivity index (χ4n) is 3.09. The summed E-state index contributed by atoms with van der Waals surface area (Å²) in [4.78, 5) is 4.40. The highest BCUT2D eigenvalue weighted by Gasteiger charge is 2.20. The largest absolute Gasteiger partial charge is 0.507 e. The molecule has 3 rings (SSSR count). The Morgan fingerprint density at radius 3 is 2.32 bits per heavy atom. The molecule has 2 N–H and O–H groups in total. The average Bonchev–Trinajstić information content (AvgIpc) is 2.58. The molecule has 1 aromatic heterocycles. The number of nitrogens with zero attached hydrogens (tertiary/aromatic N) is 1. The zero-order chi connectivity index (χ0) is 19.8. The molecule has 3 aromatic rings. The molecule has 1 heterocycles. The summed E-state index contributed by atoms with van der Waals surface area (Å²) in [7, 11) is 0. The third-order valence-corrected chi connectivity index (χ3v) is 4.78. The zero-order valence-electron chi connectivity index (χ0n) is 17.2. The topological polar surface area (TPSA) is 45.2 Å². The summed E-state index contributed by atoms with van der Waals surface area (Å²) in [6, 6.07) is 14.4. The summed E-state index contributed by atoms with van der Waals surface area (Å²) in [5.74, 6) is 0.350. The van der Waals surface area contributed by atoms with Crippen molar-refractivity contribution in [1.29, 1.82) is 0 Å². The predicted octanol–water partition coefficient (Wildman–Crippen LogP) is 6.43. The summed E-state index contributed by atoms with van der Waals surface area (Å²) in [5, 5.41) is 15.6. The molecule has 0 aliphatic heterocycles. The average molecular weight is 379 g/mol. The van der Waals surface area contributed by atoms with E-state index in [4.69, 9.17) is 0 Å². The molecule has 0 spiro atoms. The second-order valence-corrected chi connectivity index (χ2v) is 9.30. The van der Waals surface area contributed by atoms with Gasteiger partial charge in [-0.25, -0.2) is 0 Å². The van der Waals surface area contributed by atoms with Crippen molar-refractivity contribution >= 4 is 10.9 Å². The highest BCUT2D eigenvalue weighted by Crippen LogP contribution is 2.38. The van der Waals surface area contributed by atoms with Crippen LogP contribution in [-0.4, -0.2) is 15.6 Å². The summed E-state index contributed by atoms with van der Waals surface area (Å²) >= 11 is 0. The number of hydrogen-bond donors (Lipinski definition) is 2. The summed E-state index contributed by atoms with van der Waals surface area (Å²) in [6.45, 7) is 13.6. The van der Waals surface area contributed by atoms with E-state index >= 15 is 0 Å². The summed E-state index contributed by atoms with van der Waals surface area (Å²) < 4.78 is 0. The van der Waals surface area contributed by atoms with Crippen molar-refractivity contribution in [3.05, 3.63) is 59.8 Å². The third kappa shape index (κ3) is 4.90. The molecule has 0 radical (unpaired) electrons. The van der Waals surface area contributed by atoms with Gasteiger partial charge < -0.3 is 10.4 Å². The lowest BCUT2D eigenvalue weighted by Gasteiger charge is -2.25. The summed E-state index contributed by atoms with van der Waals surface area (Å²) in [5.41, 5.74) is 4.97. The second-order valence-electron chi connectivity index (χ2n) is 9.30. The fraction of sp³-hybridized carbons (Fsp3) is 0.400. The number of hydrogen-bond acceptors (Lipinski definition) is 3. The quantitative estimate of drug-likeness (QED) is 0.552. The van der Waals surface area contributed by atoms with Gasteiger partial charge in [0.1, 0.15) is 5.75 Å². The van der Waals surface area contributed by atoms with Crippen LogP contribution in [0.25, 0.3) is 22.0 Å². The van der Waals surface area contributed by atoms with E-state index < -0.39 is 0 Å². The first-order valence-corrected chi connectivity index (χ1v) is 9.51. The van der Waals surface area contributed by atoms with Crippen LogP contribution in [0, 0.1) is 0 Å². The van der Waals surface area contributed by atoms with Crippen molar-refractivity contribution < 1.29 is 5.11 Å². The van der Waals surface area contributed by atoms with Crippen molar-refractivity contribution in [2.75, 3.05) is 0 Å². The van der Waals surface area contributed by atoms with Crippen molar-refractivity contribution in [2.24, 2.45) is 0 Å². The maximum atomic E-state index is 11.0. The molecule has 3 nitrogen and oxygen atoms in total. The summed E-state index contributed by atoms with van der Waals surface area (Å²) in [6.07, 6.45) is 1.80. The van der Waals surface area contributed by atoms with E-state index in [-0.39, 0.29) is 18.4 Å². The molecule has 0 amide bonds. The van der Waals surface area contributed by atoms with Crippen LogP contribution in [0.4, 0.5) is 0 Å². The Morgan fingerprint density at radius 2 is 1.68 bits per heavy atom. The van der Waals surface area contributed by atoms with Gasteiger partial charge in [-0.1, -0.05) is 46.4 Å². The molecular formula is C25H34N2O. The van der Waals surface area contributed by atoms with Crippen LogP contribution in [-0.2, 0) is 12.0 Å².